The van der Waals surface area contributed by atoms with E-state index in [1.54, 1.807) is 12.3 Å². The lowest BCUT2D eigenvalue weighted by Gasteiger charge is -2.11. The van der Waals surface area contributed by atoms with Crippen LogP contribution in [0.3, 0.4) is 0 Å². The second-order valence-corrected chi connectivity index (χ2v) is 3.57. The first-order valence-corrected chi connectivity index (χ1v) is 5.31. The summed E-state index contributed by atoms with van der Waals surface area (Å²) >= 11 is 0. The summed E-state index contributed by atoms with van der Waals surface area (Å²) in [6.45, 7) is 5.87. The fourth-order valence-corrected chi connectivity index (χ4v) is 1.34. The van der Waals surface area contributed by atoms with Gasteiger partial charge in [0, 0.05) is 5.69 Å². The van der Waals surface area contributed by atoms with Crippen LogP contribution in [0.2, 0.25) is 0 Å². The van der Waals surface area contributed by atoms with Crippen LogP contribution >= 0.6 is 0 Å². The van der Waals surface area contributed by atoms with Crippen LogP contribution in [0, 0.1) is 12.8 Å². The molecule has 0 amide bonds. The normalized spacial score (nSPS) is 10.4. The number of rotatable bonds is 4. The summed E-state index contributed by atoms with van der Waals surface area (Å²) in [5, 5.41) is 0. The number of carbonyl (C=O) groups excluding carboxylic acids is 1. The molecule has 0 spiro atoms. The second-order valence-electron chi connectivity index (χ2n) is 3.57. The van der Waals surface area contributed by atoms with Gasteiger partial charge in [-0.3, -0.25) is 9.78 Å². The summed E-state index contributed by atoms with van der Waals surface area (Å²) in [6.07, 6.45) is 3.21. The van der Waals surface area contributed by atoms with E-state index in [0.717, 1.165) is 18.5 Å². The number of nitrogens with zero attached hydrogens (tertiary/aromatic N) is 1. The monoisotopic (exact) mass is 207 g/mol. The first-order valence-electron chi connectivity index (χ1n) is 5.31. The number of aryl methyl sites for hydroxylation is 1. The maximum absolute atomic E-state index is 11.6. The van der Waals surface area contributed by atoms with Crippen LogP contribution in [0.25, 0.3) is 0 Å². The predicted molar refractivity (Wildman–Crippen MR) is 58.7 cm³/mol. The average Bonchev–Trinajstić information content (AvgIpc) is 2.23. The van der Waals surface area contributed by atoms with Crippen LogP contribution in [0.15, 0.2) is 18.3 Å². The minimum Gasteiger partial charge on any atom is -0.425 e. The van der Waals surface area contributed by atoms with Gasteiger partial charge in [-0.05, 0) is 31.9 Å². The van der Waals surface area contributed by atoms with Crippen molar-refractivity contribution in [2.45, 2.75) is 33.6 Å². The lowest BCUT2D eigenvalue weighted by atomic mass is 10.0. The van der Waals surface area contributed by atoms with Gasteiger partial charge in [-0.25, -0.2) is 0 Å². The van der Waals surface area contributed by atoms with Crippen LogP contribution in [-0.2, 0) is 4.79 Å². The Morgan fingerprint density at radius 3 is 2.53 bits per heavy atom. The van der Waals surface area contributed by atoms with E-state index in [-0.39, 0.29) is 11.9 Å². The van der Waals surface area contributed by atoms with Crippen LogP contribution in [0.1, 0.15) is 32.4 Å². The van der Waals surface area contributed by atoms with E-state index >= 15 is 0 Å². The van der Waals surface area contributed by atoms with Crippen LogP contribution < -0.4 is 4.74 Å². The molecular weight excluding hydrogens is 190 g/mol. The van der Waals surface area contributed by atoms with Crippen molar-refractivity contribution in [3.05, 3.63) is 24.0 Å². The molecule has 0 unspecified atom stereocenters. The molecule has 0 bridgehead atoms. The van der Waals surface area contributed by atoms with Crippen LogP contribution in [0.5, 0.6) is 5.75 Å². The maximum atomic E-state index is 11.6. The van der Waals surface area contributed by atoms with Gasteiger partial charge < -0.3 is 4.74 Å². The van der Waals surface area contributed by atoms with Gasteiger partial charge in [0.1, 0.15) is 5.75 Å². The van der Waals surface area contributed by atoms with E-state index in [2.05, 4.69) is 4.98 Å². The highest BCUT2D eigenvalue weighted by atomic mass is 16.5. The molecule has 0 aliphatic carbocycles. The Bertz CT molecular complexity index is 315. The summed E-state index contributed by atoms with van der Waals surface area (Å²) in [6, 6.07) is 3.60. The molecule has 15 heavy (non-hydrogen) atoms. The molecule has 3 nitrogen and oxygen atoms in total. The SMILES string of the molecule is CCC(CC)C(=O)Oc1ccc(C)nc1. The molecular formula is C12H17NO2. The first kappa shape index (κ1) is 11.7. The van der Waals surface area contributed by atoms with E-state index in [1.165, 1.54) is 0 Å². The summed E-state index contributed by atoms with van der Waals surface area (Å²) in [5.74, 6) is 0.356. The molecule has 1 aromatic rings. The smallest absolute Gasteiger partial charge is 0.314 e. The fourth-order valence-electron chi connectivity index (χ4n) is 1.34. The van der Waals surface area contributed by atoms with Crippen molar-refractivity contribution in [2.24, 2.45) is 5.92 Å². The number of carbonyl (C=O) groups is 1. The molecule has 82 valence electrons. The number of hydrogen-bond donors (Lipinski definition) is 0. The minimum absolute atomic E-state index is 0.00805. The Balaban J connectivity index is 2.61. The van der Waals surface area contributed by atoms with Gasteiger partial charge in [0.15, 0.2) is 0 Å². The summed E-state index contributed by atoms with van der Waals surface area (Å²) in [5.41, 5.74) is 0.914. The van der Waals surface area contributed by atoms with Crippen LogP contribution in [-0.4, -0.2) is 11.0 Å². The zero-order valence-electron chi connectivity index (χ0n) is 9.49. The lowest BCUT2D eigenvalue weighted by Crippen LogP contribution is -2.19. The fraction of sp³-hybridized carbons (Fsp3) is 0.500. The van der Waals surface area contributed by atoms with Gasteiger partial charge in [-0.2, -0.15) is 0 Å². The van der Waals surface area contributed by atoms with Gasteiger partial charge in [-0.15, -0.1) is 0 Å². The van der Waals surface area contributed by atoms with Crippen LogP contribution in [0.4, 0.5) is 0 Å². The van der Waals surface area contributed by atoms with E-state index in [0.29, 0.717) is 5.75 Å². The lowest BCUT2D eigenvalue weighted by molar-refractivity contribution is -0.139. The van der Waals surface area contributed by atoms with Gasteiger partial charge in [0.2, 0.25) is 0 Å². The van der Waals surface area contributed by atoms with E-state index in [9.17, 15) is 4.79 Å². The van der Waals surface area contributed by atoms with E-state index < -0.39 is 0 Å². The van der Waals surface area contributed by atoms with Crippen molar-refractivity contribution in [1.82, 2.24) is 4.98 Å². The molecule has 3 heteroatoms. The molecule has 0 saturated carbocycles. The zero-order chi connectivity index (χ0) is 11.3. The Hall–Kier alpha value is -1.38. The number of esters is 1. The Morgan fingerprint density at radius 1 is 1.40 bits per heavy atom. The van der Waals surface area contributed by atoms with E-state index in [1.807, 2.05) is 26.8 Å². The topological polar surface area (TPSA) is 39.2 Å². The third-order valence-corrected chi connectivity index (χ3v) is 2.42. The maximum Gasteiger partial charge on any atom is 0.314 e. The Kier molecular flexibility index (Phi) is 4.28. The summed E-state index contributed by atoms with van der Waals surface area (Å²) < 4.78 is 5.21. The van der Waals surface area contributed by atoms with Crippen molar-refractivity contribution in [2.75, 3.05) is 0 Å². The zero-order valence-corrected chi connectivity index (χ0v) is 9.49. The van der Waals surface area contributed by atoms with Crippen molar-refractivity contribution < 1.29 is 9.53 Å². The Morgan fingerprint density at radius 2 is 2.07 bits per heavy atom. The molecule has 0 aromatic carbocycles. The Labute approximate surface area is 90.5 Å². The number of aromatic nitrogens is 1. The minimum atomic E-state index is -0.161. The van der Waals surface area contributed by atoms with Gasteiger partial charge in [-0.1, -0.05) is 13.8 Å². The molecule has 1 heterocycles. The second kappa shape index (κ2) is 5.49. The molecule has 1 aromatic heterocycles. The molecule has 0 fully saturated rings. The molecule has 0 radical (unpaired) electrons. The number of pyridine rings is 1. The highest BCUT2D eigenvalue weighted by Crippen LogP contribution is 2.14. The third-order valence-electron chi connectivity index (χ3n) is 2.42. The highest BCUT2D eigenvalue weighted by Gasteiger charge is 2.16. The molecule has 1 rings (SSSR count). The van der Waals surface area contributed by atoms with Gasteiger partial charge >= 0.3 is 5.97 Å². The van der Waals surface area contributed by atoms with Gasteiger partial charge in [0.05, 0.1) is 12.1 Å². The largest absolute Gasteiger partial charge is 0.425 e. The molecule has 0 saturated heterocycles. The van der Waals surface area contributed by atoms with E-state index in [4.69, 9.17) is 4.74 Å². The van der Waals surface area contributed by atoms with Crippen molar-refractivity contribution in [3.63, 3.8) is 0 Å². The molecule has 0 atom stereocenters. The summed E-state index contributed by atoms with van der Waals surface area (Å²) in [4.78, 5) is 15.7. The molecule has 0 aliphatic heterocycles. The standard InChI is InChI=1S/C12H17NO2/c1-4-10(5-2)12(14)15-11-7-6-9(3)13-8-11/h6-8,10H,4-5H2,1-3H3. The number of hydrogen-bond acceptors (Lipinski definition) is 3. The van der Waals surface area contributed by atoms with Gasteiger partial charge in [0.25, 0.3) is 0 Å². The molecule has 0 aliphatic rings. The van der Waals surface area contributed by atoms with Crippen molar-refractivity contribution in [1.29, 1.82) is 0 Å². The average molecular weight is 207 g/mol. The van der Waals surface area contributed by atoms with Crippen molar-refractivity contribution in [3.8, 4) is 5.75 Å². The predicted octanol–water partition coefficient (Wildman–Crippen LogP) is 2.73. The number of ether oxygens (including phenoxy) is 1. The molecule has 0 N–H and O–H groups in total. The first-order chi connectivity index (χ1) is 7.17. The van der Waals surface area contributed by atoms with Crippen molar-refractivity contribution >= 4 is 5.97 Å². The highest BCUT2D eigenvalue weighted by molar-refractivity contribution is 5.74. The summed E-state index contributed by atoms with van der Waals surface area (Å²) in [7, 11) is 0. The third kappa shape index (κ3) is 3.35. The quantitative estimate of drug-likeness (QED) is 0.712.